The lowest BCUT2D eigenvalue weighted by atomic mass is 9.85. The lowest BCUT2D eigenvalue weighted by Gasteiger charge is -2.45. The summed E-state index contributed by atoms with van der Waals surface area (Å²) < 4.78 is 6.29. The van der Waals surface area contributed by atoms with Gasteiger partial charge in [-0.15, -0.1) is 0 Å². The summed E-state index contributed by atoms with van der Waals surface area (Å²) in [4.78, 5) is 0. The van der Waals surface area contributed by atoms with Crippen LogP contribution >= 0.6 is 0 Å². The first-order valence-electron chi connectivity index (χ1n) is 6.11. The second-order valence-electron chi connectivity index (χ2n) is 6.65. The summed E-state index contributed by atoms with van der Waals surface area (Å²) in [5.74, 6) is 0.690. The highest BCUT2D eigenvalue weighted by Crippen LogP contribution is 2.31. The van der Waals surface area contributed by atoms with Gasteiger partial charge in [-0.2, -0.15) is 0 Å². The molecule has 0 amide bonds. The molecule has 0 aromatic carbocycles. The van der Waals surface area contributed by atoms with Crippen LogP contribution in [0.25, 0.3) is 0 Å². The molecular weight excluding hydrogens is 186 g/mol. The van der Waals surface area contributed by atoms with Gasteiger partial charge in [0.1, 0.15) is 0 Å². The van der Waals surface area contributed by atoms with Gasteiger partial charge in [-0.1, -0.05) is 34.6 Å². The van der Waals surface area contributed by atoms with Crippen molar-refractivity contribution in [2.45, 2.75) is 59.7 Å². The molecule has 2 unspecified atom stereocenters. The van der Waals surface area contributed by atoms with Crippen molar-refractivity contribution in [1.82, 2.24) is 5.32 Å². The van der Waals surface area contributed by atoms with Crippen molar-refractivity contribution in [3.8, 4) is 0 Å². The minimum Gasteiger partial charge on any atom is -0.369 e. The lowest BCUT2D eigenvalue weighted by Crippen LogP contribution is -2.56. The van der Waals surface area contributed by atoms with Crippen LogP contribution in [0.2, 0.25) is 0 Å². The molecule has 0 aromatic rings. The van der Waals surface area contributed by atoms with Crippen molar-refractivity contribution in [3.63, 3.8) is 0 Å². The summed E-state index contributed by atoms with van der Waals surface area (Å²) in [6.45, 7) is 15.5. The van der Waals surface area contributed by atoms with Crippen LogP contribution in [0.3, 0.4) is 0 Å². The zero-order valence-corrected chi connectivity index (χ0v) is 11.2. The Morgan fingerprint density at radius 1 is 1.40 bits per heavy atom. The van der Waals surface area contributed by atoms with Crippen molar-refractivity contribution >= 4 is 0 Å². The van der Waals surface area contributed by atoms with Crippen LogP contribution in [0.15, 0.2) is 0 Å². The number of morpholine rings is 1. The van der Waals surface area contributed by atoms with Crippen LogP contribution in [0.1, 0.15) is 48.0 Å². The van der Waals surface area contributed by atoms with E-state index in [1.54, 1.807) is 0 Å². The third kappa shape index (κ3) is 3.76. The average molecular weight is 213 g/mol. The maximum absolute atomic E-state index is 6.29. The molecule has 1 saturated heterocycles. The van der Waals surface area contributed by atoms with Crippen LogP contribution in [-0.2, 0) is 4.74 Å². The van der Waals surface area contributed by atoms with Crippen LogP contribution < -0.4 is 5.32 Å². The number of nitrogens with one attached hydrogen (secondary N) is 1. The maximum Gasteiger partial charge on any atom is 0.0785 e. The lowest BCUT2D eigenvalue weighted by molar-refractivity contribution is -0.149. The molecule has 1 aliphatic rings. The Kier molecular flexibility index (Phi) is 3.83. The molecule has 0 bridgehead atoms. The molecule has 1 fully saturated rings. The summed E-state index contributed by atoms with van der Waals surface area (Å²) in [6.07, 6.45) is 1.46. The highest BCUT2D eigenvalue weighted by Gasteiger charge is 2.38. The van der Waals surface area contributed by atoms with Crippen LogP contribution in [-0.4, -0.2) is 24.8 Å². The largest absolute Gasteiger partial charge is 0.369 e. The Balaban J connectivity index is 2.62. The van der Waals surface area contributed by atoms with Gasteiger partial charge in [0.2, 0.25) is 0 Å². The van der Waals surface area contributed by atoms with Crippen LogP contribution in [0, 0.1) is 11.3 Å². The van der Waals surface area contributed by atoms with Gasteiger partial charge in [-0.25, -0.2) is 0 Å². The number of rotatable bonds is 2. The van der Waals surface area contributed by atoms with E-state index in [-0.39, 0.29) is 11.0 Å². The fourth-order valence-corrected chi connectivity index (χ4v) is 2.36. The van der Waals surface area contributed by atoms with E-state index in [9.17, 15) is 0 Å². The first-order valence-corrected chi connectivity index (χ1v) is 6.11. The molecular formula is C13H27NO. The second kappa shape index (κ2) is 4.42. The highest BCUT2D eigenvalue weighted by molar-refractivity contribution is 4.90. The normalized spacial score (nSPS) is 33.4. The third-order valence-electron chi connectivity index (χ3n) is 3.06. The Morgan fingerprint density at radius 2 is 2.00 bits per heavy atom. The molecule has 2 heteroatoms. The number of hydrogen-bond donors (Lipinski definition) is 1. The van der Waals surface area contributed by atoms with Gasteiger partial charge < -0.3 is 10.1 Å². The van der Waals surface area contributed by atoms with Gasteiger partial charge in [0.05, 0.1) is 11.7 Å². The van der Waals surface area contributed by atoms with Crippen molar-refractivity contribution < 1.29 is 4.74 Å². The summed E-state index contributed by atoms with van der Waals surface area (Å²) in [7, 11) is 0. The minimum absolute atomic E-state index is 0.0182. The van der Waals surface area contributed by atoms with E-state index in [2.05, 4.69) is 46.9 Å². The standard InChI is InChI=1S/C13H27NO/c1-10(2)7-13(6)9-14-8-11(15-13)12(3,4)5/h10-11,14H,7-9H2,1-6H3. The molecule has 1 aliphatic heterocycles. The molecule has 0 aromatic heterocycles. The highest BCUT2D eigenvalue weighted by atomic mass is 16.5. The Hall–Kier alpha value is -0.0800. The van der Waals surface area contributed by atoms with E-state index in [1.807, 2.05) is 0 Å². The fraction of sp³-hybridized carbons (Fsp3) is 1.00. The van der Waals surface area contributed by atoms with Gasteiger partial charge in [0.15, 0.2) is 0 Å². The molecule has 2 nitrogen and oxygen atoms in total. The SMILES string of the molecule is CC(C)CC1(C)CNCC(C(C)(C)C)O1. The molecule has 15 heavy (non-hydrogen) atoms. The van der Waals surface area contributed by atoms with E-state index in [4.69, 9.17) is 4.74 Å². The smallest absolute Gasteiger partial charge is 0.0785 e. The van der Waals surface area contributed by atoms with Crippen molar-refractivity contribution in [3.05, 3.63) is 0 Å². The summed E-state index contributed by atoms with van der Waals surface area (Å²) in [5, 5.41) is 3.51. The first-order chi connectivity index (χ1) is 6.73. The molecule has 0 aliphatic carbocycles. The topological polar surface area (TPSA) is 21.3 Å². The predicted octanol–water partition coefficient (Wildman–Crippen LogP) is 2.83. The summed E-state index contributed by atoms with van der Waals surface area (Å²) in [5.41, 5.74) is 0.246. The molecule has 0 saturated carbocycles. The van der Waals surface area contributed by atoms with E-state index >= 15 is 0 Å². The summed E-state index contributed by atoms with van der Waals surface area (Å²) >= 11 is 0. The van der Waals surface area contributed by atoms with Gasteiger partial charge >= 0.3 is 0 Å². The molecule has 1 heterocycles. The van der Waals surface area contributed by atoms with Crippen LogP contribution in [0.4, 0.5) is 0 Å². The maximum atomic E-state index is 6.29. The average Bonchev–Trinajstić information content (AvgIpc) is 1.99. The molecule has 0 radical (unpaired) electrons. The zero-order valence-electron chi connectivity index (χ0n) is 11.2. The first kappa shape index (κ1) is 13.0. The van der Waals surface area contributed by atoms with Crippen molar-refractivity contribution in [1.29, 1.82) is 0 Å². The van der Waals surface area contributed by atoms with Gasteiger partial charge in [0, 0.05) is 13.1 Å². The van der Waals surface area contributed by atoms with E-state index in [0.717, 1.165) is 19.5 Å². The minimum atomic E-state index is 0.0182. The molecule has 1 N–H and O–H groups in total. The molecule has 2 atom stereocenters. The molecule has 90 valence electrons. The molecule has 1 rings (SSSR count). The zero-order chi connectivity index (χ0) is 11.7. The van der Waals surface area contributed by atoms with E-state index in [1.165, 1.54) is 0 Å². The van der Waals surface area contributed by atoms with E-state index in [0.29, 0.717) is 12.0 Å². The quantitative estimate of drug-likeness (QED) is 0.761. The fourth-order valence-electron chi connectivity index (χ4n) is 2.36. The Labute approximate surface area is 94.8 Å². The van der Waals surface area contributed by atoms with Gasteiger partial charge in [-0.3, -0.25) is 0 Å². The number of ether oxygens (including phenoxy) is 1. The van der Waals surface area contributed by atoms with Crippen LogP contribution in [0.5, 0.6) is 0 Å². The second-order valence-corrected chi connectivity index (χ2v) is 6.65. The summed E-state index contributed by atoms with van der Waals surface area (Å²) in [6, 6.07) is 0. The Bertz CT molecular complexity index is 207. The van der Waals surface area contributed by atoms with Gasteiger partial charge in [-0.05, 0) is 24.7 Å². The molecule has 0 spiro atoms. The van der Waals surface area contributed by atoms with Crippen molar-refractivity contribution in [2.75, 3.05) is 13.1 Å². The number of hydrogen-bond acceptors (Lipinski definition) is 2. The van der Waals surface area contributed by atoms with Gasteiger partial charge in [0.25, 0.3) is 0 Å². The third-order valence-corrected chi connectivity index (χ3v) is 3.06. The predicted molar refractivity (Wildman–Crippen MR) is 65.1 cm³/mol. The monoisotopic (exact) mass is 213 g/mol. The Morgan fingerprint density at radius 3 is 2.47 bits per heavy atom. The van der Waals surface area contributed by atoms with E-state index < -0.39 is 0 Å². The van der Waals surface area contributed by atoms with Crippen molar-refractivity contribution in [2.24, 2.45) is 11.3 Å².